The van der Waals surface area contributed by atoms with Gasteiger partial charge in [0.2, 0.25) is 11.8 Å². The third-order valence-electron chi connectivity index (χ3n) is 11.3. The maximum atomic E-state index is 14.4. The molecule has 12 nitrogen and oxygen atoms in total. The number of fused-ring (bicyclic) bond motifs is 2. The van der Waals surface area contributed by atoms with E-state index in [1.54, 1.807) is 17.3 Å². The number of likely N-dealkylation sites (tertiary alicyclic amines) is 2. The van der Waals surface area contributed by atoms with Crippen LogP contribution in [0.3, 0.4) is 0 Å². The predicted octanol–water partition coefficient (Wildman–Crippen LogP) is 3.85. The van der Waals surface area contributed by atoms with Crippen molar-refractivity contribution in [1.29, 1.82) is 0 Å². The minimum absolute atomic E-state index is 0.0200. The van der Waals surface area contributed by atoms with E-state index in [9.17, 15) is 14.4 Å². The monoisotopic (exact) mass is 661 g/mol. The number of carbonyl (C=O) groups is 3. The van der Waals surface area contributed by atoms with Crippen molar-refractivity contribution < 1.29 is 14.4 Å². The first kappa shape index (κ1) is 31.3. The lowest BCUT2D eigenvalue weighted by molar-refractivity contribution is -0.132. The lowest BCUT2D eigenvalue weighted by Crippen LogP contribution is -2.55. The number of amides is 4. The predicted molar refractivity (Wildman–Crippen MR) is 186 cm³/mol. The van der Waals surface area contributed by atoms with Gasteiger partial charge in [-0.25, -0.2) is 4.79 Å². The quantitative estimate of drug-likeness (QED) is 0.321. The maximum absolute atomic E-state index is 14.4. The van der Waals surface area contributed by atoms with E-state index in [4.69, 9.17) is 0 Å². The summed E-state index contributed by atoms with van der Waals surface area (Å²) in [5, 5.41) is 11.4. The number of aryl methyl sites for hydroxylation is 1. The Kier molecular flexibility index (Phi) is 8.17. The van der Waals surface area contributed by atoms with Gasteiger partial charge in [0.15, 0.2) is 0 Å². The van der Waals surface area contributed by atoms with Crippen LogP contribution in [0.25, 0.3) is 10.9 Å². The van der Waals surface area contributed by atoms with Crippen molar-refractivity contribution >= 4 is 40.1 Å². The minimum atomic E-state index is -0.695. The van der Waals surface area contributed by atoms with E-state index in [0.717, 1.165) is 65.8 Å². The number of anilines is 2. The fraction of sp³-hybridized carbons (Fsp3) is 0.459. The Morgan fingerprint density at radius 1 is 1.00 bits per heavy atom. The molecule has 4 aromatic rings. The van der Waals surface area contributed by atoms with Crippen LogP contribution < -0.4 is 15.1 Å². The van der Waals surface area contributed by atoms with E-state index in [2.05, 4.69) is 54.6 Å². The average Bonchev–Trinajstić information content (AvgIpc) is 3.86. The minimum Gasteiger partial charge on any atom is -0.371 e. The molecule has 0 bridgehead atoms. The van der Waals surface area contributed by atoms with Crippen LogP contribution in [0.4, 0.5) is 16.2 Å². The first-order valence-corrected chi connectivity index (χ1v) is 17.5. The summed E-state index contributed by atoms with van der Waals surface area (Å²) in [7, 11) is 0. The number of aromatic nitrogens is 4. The zero-order chi connectivity index (χ0) is 33.5. The third-order valence-corrected chi connectivity index (χ3v) is 11.3. The van der Waals surface area contributed by atoms with Crippen molar-refractivity contribution in [1.82, 2.24) is 35.3 Å². The summed E-state index contributed by atoms with van der Waals surface area (Å²) in [6, 6.07) is 11.2. The van der Waals surface area contributed by atoms with E-state index in [1.807, 2.05) is 41.2 Å². The number of carbonyl (C=O) groups excluding carboxylic acids is 3. The topological polar surface area (TPSA) is 131 Å². The molecule has 12 heteroatoms. The number of nitrogens with zero attached hydrogens (tertiary/aromatic N) is 7. The highest BCUT2D eigenvalue weighted by atomic mass is 16.2. The van der Waals surface area contributed by atoms with E-state index in [0.29, 0.717) is 51.9 Å². The van der Waals surface area contributed by atoms with Crippen LogP contribution in [0.15, 0.2) is 61.2 Å². The van der Waals surface area contributed by atoms with E-state index < -0.39 is 6.04 Å². The third kappa shape index (κ3) is 6.08. The van der Waals surface area contributed by atoms with Crippen LogP contribution in [-0.2, 0) is 22.4 Å². The molecule has 3 aromatic heterocycles. The SMILES string of the molecule is Cc1cc(C[C@@H](NC(=O)N2CCC(N3C(=O)Cc4ncccc43)CC2)C(=O)N2CCC3(CCN(c4ccncc4)CC3)C2)cc2cn[nH]c12. The van der Waals surface area contributed by atoms with Crippen molar-refractivity contribution in [3.8, 4) is 0 Å². The number of pyridine rings is 2. The van der Waals surface area contributed by atoms with Crippen LogP contribution in [0, 0.1) is 12.3 Å². The first-order valence-electron chi connectivity index (χ1n) is 17.5. The highest BCUT2D eigenvalue weighted by molar-refractivity contribution is 6.01. The average molecular weight is 662 g/mol. The lowest BCUT2D eigenvalue weighted by Gasteiger charge is -2.40. The Labute approximate surface area is 285 Å². The molecule has 3 fully saturated rings. The van der Waals surface area contributed by atoms with Gasteiger partial charge < -0.3 is 24.9 Å². The van der Waals surface area contributed by atoms with E-state index in [-0.39, 0.29) is 29.3 Å². The summed E-state index contributed by atoms with van der Waals surface area (Å²) in [5.41, 5.74) is 6.03. The molecule has 1 aromatic carbocycles. The molecule has 0 aliphatic carbocycles. The molecule has 4 aliphatic heterocycles. The van der Waals surface area contributed by atoms with Crippen molar-refractivity contribution in [2.75, 3.05) is 49.1 Å². The summed E-state index contributed by atoms with van der Waals surface area (Å²) in [5.74, 6) is 0.0481. The number of nitrogens with one attached hydrogen (secondary N) is 2. The van der Waals surface area contributed by atoms with Gasteiger partial charge in [-0.15, -0.1) is 0 Å². The molecule has 3 saturated heterocycles. The number of piperidine rings is 2. The van der Waals surface area contributed by atoms with Gasteiger partial charge in [0, 0.05) is 81.4 Å². The summed E-state index contributed by atoms with van der Waals surface area (Å²) in [6.07, 6.45) is 12.3. The second-order valence-corrected chi connectivity index (χ2v) is 14.3. The van der Waals surface area contributed by atoms with Gasteiger partial charge >= 0.3 is 6.03 Å². The Morgan fingerprint density at radius 2 is 1.78 bits per heavy atom. The highest BCUT2D eigenvalue weighted by Crippen LogP contribution is 2.41. The molecule has 8 rings (SSSR count). The number of benzene rings is 1. The van der Waals surface area contributed by atoms with Crippen LogP contribution in [-0.4, -0.2) is 99.2 Å². The molecule has 0 unspecified atom stereocenters. The number of hydrogen-bond acceptors (Lipinski definition) is 7. The summed E-state index contributed by atoms with van der Waals surface area (Å²) in [4.78, 5) is 57.7. The summed E-state index contributed by atoms with van der Waals surface area (Å²) in [6.45, 7) is 6.38. The Hall–Kier alpha value is -5.00. The standard InChI is InChI=1S/C37H43N9O3/c1-25-19-26(20-27-23-40-42-34(25)27)21-31(35(48)45-18-10-37(24-45)8-16-43(17-9-37)28-4-12-38-13-5-28)41-36(49)44-14-6-29(7-15-44)46-32-3-2-11-39-30(32)22-33(46)47/h2-5,11-13,19-20,23,29,31H,6-10,14-18,21-22,24H2,1H3,(H,40,42)(H,41,49)/t31-/m1/s1. The molecule has 254 valence electrons. The molecule has 49 heavy (non-hydrogen) atoms. The molecule has 7 heterocycles. The second kappa shape index (κ2) is 12.8. The van der Waals surface area contributed by atoms with Gasteiger partial charge in [0.05, 0.1) is 29.5 Å². The number of H-pyrrole nitrogens is 1. The number of rotatable bonds is 6. The number of hydrogen-bond donors (Lipinski definition) is 2. The smallest absolute Gasteiger partial charge is 0.318 e. The lowest BCUT2D eigenvalue weighted by atomic mass is 9.77. The number of aromatic amines is 1. The molecular formula is C37H43N9O3. The molecule has 1 atom stereocenters. The van der Waals surface area contributed by atoms with Crippen LogP contribution in [0.1, 0.15) is 48.9 Å². The van der Waals surface area contributed by atoms with Crippen molar-refractivity contribution in [2.45, 2.75) is 64.0 Å². The molecule has 2 N–H and O–H groups in total. The maximum Gasteiger partial charge on any atom is 0.318 e. The van der Waals surface area contributed by atoms with Crippen molar-refractivity contribution in [2.24, 2.45) is 5.41 Å². The first-order chi connectivity index (χ1) is 23.9. The van der Waals surface area contributed by atoms with Gasteiger partial charge in [0.1, 0.15) is 6.04 Å². The second-order valence-electron chi connectivity index (χ2n) is 14.3. The molecule has 0 radical (unpaired) electrons. The summed E-state index contributed by atoms with van der Waals surface area (Å²) < 4.78 is 0. The molecule has 0 saturated carbocycles. The zero-order valence-electron chi connectivity index (χ0n) is 28.0. The zero-order valence-corrected chi connectivity index (χ0v) is 28.0. The Morgan fingerprint density at radius 3 is 2.57 bits per heavy atom. The van der Waals surface area contributed by atoms with Gasteiger partial charge in [0.25, 0.3) is 0 Å². The normalized spacial score (nSPS) is 19.9. The number of urea groups is 1. The fourth-order valence-corrected chi connectivity index (χ4v) is 8.53. The molecule has 4 amide bonds. The van der Waals surface area contributed by atoms with Crippen LogP contribution in [0.5, 0.6) is 0 Å². The van der Waals surface area contributed by atoms with Gasteiger partial charge in [-0.2, -0.15) is 5.10 Å². The Balaban J connectivity index is 0.951. The van der Waals surface area contributed by atoms with Gasteiger partial charge in [-0.1, -0.05) is 6.07 Å². The van der Waals surface area contributed by atoms with E-state index >= 15 is 0 Å². The van der Waals surface area contributed by atoms with Crippen LogP contribution >= 0.6 is 0 Å². The van der Waals surface area contributed by atoms with Gasteiger partial charge in [-0.3, -0.25) is 24.7 Å². The molecular weight excluding hydrogens is 618 g/mol. The van der Waals surface area contributed by atoms with E-state index in [1.165, 1.54) is 5.69 Å². The van der Waals surface area contributed by atoms with Crippen molar-refractivity contribution in [3.63, 3.8) is 0 Å². The van der Waals surface area contributed by atoms with Crippen LogP contribution in [0.2, 0.25) is 0 Å². The Bertz CT molecular complexity index is 1860. The summed E-state index contributed by atoms with van der Waals surface area (Å²) >= 11 is 0. The molecule has 1 spiro atoms. The largest absolute Gasteiger partial charge is 0.371 e. The van der Waals surface area contributed by atoms with Crippen molar-refractivity contribution in [3.05, 3.63) is 78.0 Å². The fourth-order valence-electron chi connectivity index (χ4n) is 8.53. The molecule has 4 aliphatic rings. The highest BCUT2D eigenvalue weighted by Gasteiger charge is 2.44. The van der Waals surface area contributed by atoms with Gasteiger partial charge in [-0.05, 0) is 85.9 Å².